The number of alkyl halides is 4. The molecule has 0 bridgehead atoms. The van der Waals surface area contributed by atoms with Crippen LogP contribution in [0.4, 0.5) is 13.2 Å². The number of hydrogen-bond donors (Lipinski definition) is 0. The molecule has 0 heterocycles. The first-order chi connectivity index (χ1) is 9.65. The van der Waals surface area contributed by atoms with Crippen LogP contribution < -0.4 is 0 Å². The van der Waals surface area contributed by atoms with Crippen LogP contribution in [0.5, 0.6) is 0 Å². The summed E-state index contributed by atoms with van der Waals surface area (Å²) in [7, 11) is -4.20. The van der Waals surface area contributed by atoms with Crippen molar-refractivity contribution in [3.63, 3.8) is 0 Å². The summed E-state index contributed by atoms with van der Waals surface area (Å²) in [6, 6.07) is 4.61. The van der Waals surface area contributed by atoms with Gasteiger partial charge in [-0.05, 0) is 23.6 Å². The monoisotopic (exact) mass is 343 g/mol. The summed E-state index contributed by atoms with van der Waals surface area (Å²) >= 11 is 5.68. The van der Waals surface area contributed by atoms with E-state index in [1.165, 1.54) is 13.0 Å². The Bertz CT molecular complexity index is 588. The van der Waals surface area contributed by atoms with Crippen molar-refractivity contribution in [1.29, 1.82) is 0 Å². The highest BCUT2D eigenvalue weighted by Gasteiger charge is 2.36. The second kappa shape index (κ2) is 6.98. The number of rotatable bonds is 6. The molecule has 0 saturated carbocycles. The lowest BCUT2D eigenvalue weighted by molar-refractivity contribution is -0.135. The van der Waals surface area contributed by atoms with Crippen LogP contribution in [0.2, 0.25) is 0 Å². The average Bonchev–Trinajstić information content (AvgIpc) is 2.42. The molecule has 1 aromatic rings. The third-order valence-corrected chi connectivity index (χ3v) is 5.30. The molecule has 0 aromatic heterocycles. The molecule has 0 aliphatic rings. The first-order valence-electron chi connectivity index (χ1n) is 6.40. The molecule has 1 rings (SSSR count). The second-order valence-electron chi connectivity index (χ2n) is 4.48. The SMILES string of the molecule is CCc1ccc(CCl)cc1S(=O)(=O)N(CC)CC(F)(F)F. The lowest BCUT2D eigenvalue weighted by atomic mass is 10.1. The summed E-state index contributed by atoms with van der Waals surface area (Å²) in [6.45, 7) is 1.37. The van der Waals surface area contributed by atoms with Crippen LogP contribution >= 0.6 is 11.6 Å². The minimum Gasteiger partial charge on any atom is -0.207 e. The molecule has 0 amide bonds. The standard InChI is InChI=1S/C13H17ClF3NO2S/c1-3-11-6-5-10(8-14)7-12(11)21(19,20)18(4-2)9-13(15,16)17/h5-7H,3-4,8-9H2,1-2H3. The molecular formula is C13H17ClF3NO2S. The molecule has 0 spiro atoms. The fraction of sp³-hybridized carbons (Fsp3) is 0.538. The smallest absolute Gasteiger partial charge is 0.207 e. The lowest BCUT2D eigenvalue weighted by Gasteiger charge is -2.23. The van der Waals surface area contributed by atoms with Gasteiger partial charge in [0.1, 0.15) is 6.54 Å². The molecule has 1 aromatic carbocycles. The normalized spacial score (nSPS) is 12.9. The van der Waals surface area contributed by atoms with Gasteiger partial charge in [0, 0.05) is 12.4 Å². The molecule has 0 fully saturated rings. The number of hydrogen-bond acceptors (Lipinski definition) is 2. The first-order valence-corrected chi connectivity index (χ1v) is 8.37. The van der Waals surface area contributed by atoms with Crippen LogP contribution in [0.1, 0.15) is 25.0 Å². The maximum atomic E-state index is 12.5. The Morgan fingerprint density at radius 3 is 2.29 bits per heavy atom. The molecule has 0 radical (unpaired) electrons. The molecule has 0 N–H and O–H groups in total. The fourth-order valence-corrected chi connectivity index (χ4v) is 3.86. The van der Waals surface area contributed by atoms with Crippen molar-refractivity contribution >= 4 is 21.6 Å². The Morgan fingerprint density at radius 1 is 1.24 bits per heavy atom. The van der Waals surface area contributed by atoms with E-state index in [1.807, 2.05) is 0 Å². The Hall–Kier alpha value is -0.790. The number of sulfonamides is 1. The zero-order chi connectivity index (χ0) is 16.3. The first kappa shape index (κ1) is 18.3. The second-order valence-corrected chi connectivity index (χ2v) is 6.65. The van der Waals surface area contributed by atoms with E-state index in [2.05, 4.69) is 0 Å². The van der Waals surface area contributed by atoms with E-state index in [1.54, 1.807) is 19.1 Å². The van der Waals surface area contributed by atoms with Crippen molar-refractivity contribution in [3.05, 3.63) is 29.3 Å². The van der Waals surface area contributed by atoms with Gasteiger partial charge in [0.15, 0.2) is 0 Å². The van der Waals surface area contributed by atoms with Crippen molar-refractivity contribution < 1.29 is 21.6 Å². The van der Waals surface area contributed by atoms with Crippen LogP contribution in [0.3, 0.4) is 0 Å². The van der Waals surface area contributed by atoms with Gasteiger partial charge < -0.3 is 0 Å². The van der Waals surface area contributed by atoms with Gasteiger partial charge in [0.05, 0.1) is 4.90 Å². The van der Waals surface area contributed by atoms with Gasteiger partial charge in [0.25, 0.3) is 0 Å². The minimum absolute atomic E-state index is 0.0951. The van der Waals surface area contributed by atoms with Gasteiger partial charge in [0.2, 0.25) is 10.0 Å². The summed E-state index contributed by atoms with van der Waals surface area (Å²) in [5.74, 6) is 0.0951. The molecule has 0 unspecified atom stereocenters. The maximum Gasteiger partial charge on any atom is 0.402 e. The maximum absolute atomic E-state index is 12.5. The zero-order valence-electron chi connectivity index (χ0n) is 11.7. The van der Waals surface area contributed by atoms with Crippen molar-refractivity contribution in [3.8, 4) is 0 Å². The summed E-state index contributed by atoms with van der Waals surface area (Å²) in [5, 5.41) is 0. The topological polar surface area (TPSA) is 37.4 Å². The molecule has 0 aliphatic carbocycles. The van der Waals surface area contributed by atoms with E-state index in [0.29, 0.717) is 21.9 Å². The van der Waals surface area contributed by atoms with Gasteiger partial charge in [-0.3, -0.25) is 0 Å². The highest BCUT2D eigenvalue weighted by Crippen LogP contribution is 2.26. The molecule has 3 nitrogen and oxygen atoms in total. The third kappa shape index (κ3) is 4.59. The minimum atomic E-state index is -4.58. The number of aryl methyl sites for hydroxylation is 1. The van der Waals surface area contributed by atoms with Crippen LogP contribution in [-0.4, -0.2) is 32.0 Å². The van der Waals surface area contributed by atoms with E-state index in [9.17, 15) is 21.6 Å². The Kier molecular flexibility index (Phi) is 6.07. The van der Waals surface area contributed by atoms with Crippen LogP contribution in [-0.2, 0) is 22.3 Å². The average molecular weight is 344 g/mol. The van der Waals surface area contributed by atoms with E-state index >= 15 is 0 Å². The van der Waals surface area contributed by atoms with Crippen LogP contribution in [0, 0.1) is 0 Å². The Balaban J connectivity index is 3.34. The highest BCUT2D eigenvalue weighted by atomic mass is 35.5. The highest BCUT2D eigenvalue weighted by molar-refractivity contribution is 7.89. The molecule has 21 heavy (non-hydrogen) atoms. The van der Waals surface area contributed by atoms with E-state index in [0.717, 1.165) is 0 Å². The summed E-state index contributed by atoms with van der Waals surface area (Å²) < 4.78 is 63.0. The van der Waals surface area contributed by atoms with Gasteiger partial charge >= 0.3 is 6.18 Å². The summed E-state index contributed by atoms with van der Waals surface area (Å²) in [5.41, 5.74) is 1.03. The summed E-state index contributed by atoms with van der Waals surface area (Å²) in [4.78, 5) is -0.103. The Morgan fingerprint density at radius 2 is 1.86 bits per heavy atom. The predicted molar refractivity (Wildman–Crippen MR) is 75.9 cm³/mol. The third-order valence-electron chi connectivity index (χ3n) is 2.99. The van der Waals surface area contributed by atoms with Gasteiger partial charge in [-0.25, -0.2) is 8.42 Å². The van der Waals surface area contributed by atoms with Gasteiger partial charge in [-0.15, -0.1) is 11.6 Å². The molecule has 0 aliphatic heterocycles. The summed E-state index contributed by atoms with van der Waals surface area (Å²) in [6.07, 6.45) is -4.18. The van der Waals surface area contributed by atoms with Crippen molar-refractivity contribution in [2.24, 2.45) is 0 Å². The molecule has 0 saturated heterocycles. The molecule has 0 atom stereocenters. The lowest BCUT2D eigenvalue weighted by Crippen LogP contribution is -2.39. The van der Waals surface area contributed by atoms with Crippen molar-refractivity contribution in [2.45, 2.75) is 37.2 Å². The van der Waals surface area contributed by atoms with Crippen molar-refractivity contribution in [2.75, 3.05) is 13.1 Å². The number of benzene rings is 1. The van der Waals surface area contributed by atoms with Crippen molar-refractivity contribution in [1.82, 2.24) is 4.31 Å². The largest absolute Gasteiger partial charge is 0.402 e. The van der Waals surface area contributed by atoms with Crippen LogP contribution in [0.15, 0.2) is 23.1 Å². The van der Waals surface area contributed by atoms with Gasteiger partial charge in [-0.2, -0.15) is 17.5 Å². The zero-order valence-corrected chi connectivity index (χ0v) is 13.3. The predicted octanol–water partition coefficient (Wildman–Crippen LogP) is 3.56. The Labute approximate surface area is 127 Å². The van der Waals surface area contributed by atoms with Crippen LogP contribution in [0.25, 0.3) is 0 Å². The number of halogens is 4. The van der Waals surface area contributed by atoms with E-state index in [-0.39, 0.29) is 17.3 Å². The van der Waals surface area contributed by atoms with Gasteiger partial charge in [-0.1, -0.05) is 26.0 Å². The number of nitrogens with zero attached hydrogens (tertiary/aromatic N) is 1. The van der Waals surface area contributed by atoms with E-state index < -0.39 is 22.7 Å². The fourth-order valence-electron chi connectivity index (χ4n) is 1.92. The molecule has 120 valence electrons. The van der Waals surface area contributed by atoms with E-state index in [4.69, 9.17) is 11.6 Å². The molecule has 8 heteroatoms. The quantitative estimate of drug-likeness (QED) is 0.741. The molecular weight excluding hydrogens is 327 g/mol.